The van der Waals surface area contributed by atoms with Crippen LogP contribution in [0.3, 0.4) is 0 Å². The Morgan fingerprint density at radius 1 is 1.25 bits per heavy atom. The first-order valence-electron chi connectivity index (χ1n) is 6.69. The molecule has 0 aliphatic heterocycles. The second-order valence-corrected chi connectivity index (χ2v) is 5.17. The number of aromatic nitrogens is 3. The normalized spacial score (nSPS) is 12.8. The van der Waals surface area contributed by atoms with Crippen LogP contribution in [0, 0.1) is 13.8 Å². The van der Waals surface area contributed by atoms with Gasteiger partial charge in [0.1, 0.15) is 11.8 Å². The third-order valence-corrected chi connectivity index (χ3v) is 3.33. The molecule has 0 bridgehead atoms. The molecule has 5 nitrogen and oxygen atoms in total. The van der Waals surface area contributed by atoms with E-state index in [0.717, 1.165) is 17.0 Å². The molecular formula is C15H21N3O2. The summed E-state index contributed by atoms with van der Waals surface area (Å²) in [6.07, 6.45) is 0.832. The number of methoxy groups -OCH3 is 1. The third kappa shape index (κ3) is 2.54. The quantitative estimate of drug-likeness (QED) is 0.931. The van der Waals surface area contributed by atoms with Crippen molar-refractivity contribution in [1.82, 2.24) is 14.8 Å². The summed E-state index contributed by atoms with van der Waals surface area (Å²) in [5, 5.41) is 15.0. The van der Waals surface area contributed by atoms with Crippen LogP contribution in [-0.4, -0.2) is 27.0 Å². The van der Waals surface area contributed by atoms with E-state index in [1.54, 1.807) is 18.0 Å². The predicted octanol–water partition coefficient (Wildman–Crippen LogP) is 2.57. The summed E-state index contributed by atoms with van der Waals surface area (Å²) in [5.74, 6) is 0.589. The number of hydrogen-bond donors (Lipinski definition) is 1. The molecule has 0 spiro atoms. The molecule has 1 atom stereocenters. The number of aliphatic hydroxyl groups is 1. The highest BCUT2D eigenvalue weighted by Gasteiger charge is 2.24. The van der Waals surface area contributed by atoms with E-state index in [4.69, 9.17) is 4.74 Å². The molecule has 0 amide bonds. The molecule has 0 aromatic carbocycles. The van der Waals surface area contributed by atoms with E-state index in [1.807, 2.05) is 39.8 Å². The Kier molecular flexibility index (Phi) is 4.09. The summed E-state index contributed by atoms with van der Waals surface area (Å²) < 4.78 is 7.10. The average Bonchev–Trinajstić information content (AvgIpc) is 2.81. The van der Waals surface area contributed by atoms with Gasteiger partial charge in [-0.1, -0.05) is 6.07 Å². The third-order valence-electron chi connectivity index (χ3n) is 3.33. The molecule has 5 heteroatoms. The lowest BCUT2D eigenvalue weighted by Crippen LogP contribution is -2.14. The van der Waals surface area contributed by atoms with Crippen LogP contribution >= 0.6 is 0 Å². The Bertz CT molecular complexity index is 605. The van der Waals surface area contributed by atoms with Gasteiger partial charge in [-0.25, -0.2) is 0 Å². The van der Waals surface area contributed by atoms with Gasteiger partial charge in [0.25, 0.3) is 0 Å². The van der Waals surface area contributed by atoms with Crippen molar-refractivity contribution in [3.05, 3.63) is 41.0 Å². The first-order chi connectivity index (χ1) is 9.45. The fourth-order valence-electron chi connectivity index (χ4n) is 2.32. The van der Waals surface area contributed by atoms with E-state index in [2.05, 4.69) is 10.1 Å². The van der Waals surface area contributed by atoms with Crippen molar-refractivity contribution >= 4 is 0 Å². The smallest absolute Gasteiger partial charge is 0.163 e. The van der Waals surface area contributed by atoms with E-state index in [0.29, 0.717) is 11.4 Å². The van der Waals surface area contributed by atoms with Crippen molar-refractivity contribution in [2.45, 2.75) is 39.8 Å². The molecule has 0 radical (unpaired) electrons. The number of ether oxygens (including phenoxy) is 1. The fourth-order valence-corrected chi connectivity index (χ4v) is 2.32. The molecule has 0 aliphatic rings. The van der Waals surface area contributed by atoms with Gasteiger partial charge >= 0.3 is 0 Å². The molecule has 108 valence electrons. The Balaban J connectivity index is 2.52. The van der Waals surface area contributed by atoms with E-state index in [-0.39, 0.29) is 6.04 Å². The van der Waals surface area contributed by atoms with Gasteiger partial charge in [-0.05, 0) is 33.8 Å². The lowest BCUT2D eigenvalue weighted by Gasteiger charge is -2.18. The Hall–Kier alpha value is -1.88. The van der Waals surface area contributed by atoms with E-state index < -0.39 is 6.10 Å². The first kappa shape index (κ1) is 14.5. The van der Waals surface area contributed by atoms with Crippen LogP contribution in [0.25, 0.3) is 0 Å². The van der Waals surface area contributed by atoms with Crippen LogP contribution in [0.15, 0.2) is 18.3 Å². The maximum atomic E-state index is 10.7. The number of aliphatic hydroxyl groups excluding tert-OH is 1. The molecule has 2 aromatic rings. The lowest BCUT2D eigenvalue weighted by molar-refractivity contribution is 0.198. The van der Waals surface area contributed by atoms with Gasteiger partial charge < -0.3 is 9.84 Å². The van der Waals surface area contributed by atoms with Gasteiger partial charge in [0.2, 0.25) is 0 Å². The van der Waals surface area contributed by atoms with Gasteiger partial charge in [0.15, 0.2) is 5.75 Å². The van der Waals surface area contributed by atoms with Crippen molar-refractivity contribution in [2.75, 3.05) is 7.11 Å². The maximum Gasteiger partial charge on any atom is 0.163 e. The Morgan fingerprint density at radius 3 is 2.50 bits per heavy atom. The molecule has 1 unspecified atom stereocenters. The topological polar surface area (TPSA) is 60.2 Å². The molecule has 2 rings (SSSR count). The number of hydrogen-bond acceptors (Lipinski definition) is 4. The standard InChI is InChI=1S/C15H21N3O2/c1-9(2)18-14(13(20-5)8-16-18)15(19)12-7-6-10(3)17-11(12)4/h6-9,15,19H,1-5H3. The highest BCUT2D eigenvalue weighted by Crippen LogP contribution is 2.32. The minimum Gasteiger partial charge on any atom is -0.493 e. The summed E-state index contributed by atoms with van der Waals surface area (Å²) >= 11 is 0. The minimum atomic E-state index is -0.803. The van der Waals surface area contributed by atoms with Gasteiger partial charge in [-0.2, -0.15) is 5.10 Å². The largest absolute Gasteiger partial charge is 0.493 e. The highest BCUT2D eigenvalue weighted by atomic mass is 16.5. The first-order valence-corrected chi connectivity index (χ1v) is 6.69. The van der Waals surface area contributed by atoms with Crippen LogP contribution in [0.2, 0.25) is 0 Å². The zero-order chi connectivity index (χ0) is 14.9. The van der Waals surface area contributed by atoms with Gasteiger partial charge in [-0.3, -0.25) is 9.67 Å². The van der Waals surface area contributed by atoms with E-state index >= 15 is 0 Å². The minimum absolute atomic E-state index is 0.141. The molecular weight excluding hydrogens is 254 g/mol. The summed E-state index contributed by atoms with van der Waals surface area (Å²) in [6, 6.07) is 3.94. The second kappa shape index (κ2) is 5.63. The van der Waals surface area contributed by atoms with E-state index in [1.165, 1.54) is 0 Å². The van der Waals surface area contributed by atoms with Crippen molar-refractivity contribution in [3.8, 4) is 5.75 Å². The molecule has 0 saturated carbocycles. The molecule has 0 aliphatic carbocycles. The number of nitrogens with zero attached hydrogens (tertiary/aromatic N) is 3. The predicted molar refractivity (Wildman–Crippen MR) is 76.9 cm³/mol. The van der Waals surface area contributed by atoms with Crippen molar-refractivity contribution in [2.24, 2.45) is 0 Å². The summed E-state index contributed by atoms with van der Waals surface area (Å²) in [7, 11) is 1.58. The number of rotatable bonds is 4. The van der Waals surface area contributed by atoms with Crippen LogP contribution in [0.1, 0.15) is 48.6 Å². The highest BCUT2D eigenvalue weighted by molar-refractivity contribution is 5.37. The van der Waals surface area contributed by atoms with Crippen LogP contribution in [0.5, 0.6) is 5.75 Å². The molecule has 0 saturated heterocycles. The number of pyridine rings is 1. The molecule has 2 aromatic heterocycles. The van der Waals surface area contributed by atoms with Gasteiger partial charge in [0, 0.05) is 23.0 Å². The van der Waals surface area contributed by atoms with Crippen molar-refractivity contribution < 1.29 is 9.84 Å². The van der Waals surface area contributed by atoms with Crippen molar-refractivity contribution in [3.63, 3.8) is 0 Å². The lowest BCUT2D eigenvalue weighted by atomic mass is 10.0. The summed E-state index contributed by atoms with van der Waals surface area (Å²) in [5.41, 5.74) is 3.19. The van der Waals surface area contributed by atoms with Gasteiger partial charge in [0.05, 0.1) is 13.3 Å². The van der Waals surface area contributed by atoms with Crippen LogP contribution < -0.4 is 4.74 Å². The Morgan fingerprint density at radius 2 is 1.95 bits per heavy atom. The summed E-state index contributed by atoms with van der Waals surface area (Å²) in [4.78, 5) is 4.40. The Labute approximate surface area is 119 Å². The zero-order valence-corrected chi connectivity index (χ0v) is 12.6. The average molecular weight is 275 g/mol. The van der Waals surface area contributed by atoms with Crippen molar-refractivity contribution in [1.29, 1.82) is 0 Å². The number of aryl methyl sites for hydroxylation is 2. The van der Waals surface area contributed by atoms with E-state index in [9.17, 15) is 5.11 Å². The molecule has 20 heavy (non-hydrogen) atoms. The molecule has 0 fully saturated rings. The zero-order valence-electron chi connectivity index (χ0n) is 12.6. The van der Waals surface area contributed by atoms with Gasteiger partial charge in [-0.15, -0.1) is 0 Å². The van der Waals surface area contributed by atoms with Crippen LogP contribution in [0.4, 0.5) is 0 Å². The fraction of sp³-hybridized carbons (Fsp3) is 0.467. The SMILES string of the molecule is COc1cnn(C(C)C)c1C(O)c1ccc(C)nc1C. The van der Waals surface area contributed by atoms with Crippen LogP contribution in [-0.2, 0) is 0 Å². The maximum absolute atomic E-state index is 10.7. The molecule has 1 N–H and O–H groups in total. The molecule has 2 heterocycles. The second-order valence-electron chi connectivity index (χ2n) is 5.17. The monoisotopic (exact) mass is 275 g/mol. The summed E-state index contributed by atoms with van der Waals surface area (Å²) in [6.45, 7) is 7.86.